The maximum absolute atomic E-state index is 11.4. The SMILES string of the molecule is O=C(O)C1=C[C@H]2[C@@H](C1)[C@@]1(C(=O)O)C=C[C@H]2C1. The van der Waals surface area contributed by atoms with E-state index in [4.69, 9.17) is 5.11 Å². The van der Waals surface area contributed by atoms with Crippen LogP contribution >= 0.6 is 0 Å². The molecule has 3 aliphatic rings. The number of hydrogen-bond acceptors (Lipinski definition) is 2. The molecule has 4 nitrogen and oxygen atoms in total. The van der Waals surface area contributed by atoms with Crippen LogP contribution in [0.5, 0.6) is 0 Å². The molecule has 0 unspecified atom stereocenters. The van der Waals surface area contributed by atoms with Gasteiger partial charge in [0.25, 0.3) is 0 Å². The summed E-state index contributed by atoms with van der Waals surface area (Å²) in [6.07, 6.45) is 6.52. The van der Waals surface area contributed by atoms with Gasteiger partial charge in [0.2, 0.25) is 0 Å². The van der Waals surface area contributed by atoms with Gasteiger partial charge in [-0.15, -0.1) is 0 Å². The molecule has 0 aromatic carbocycles. The summed E-state index contributed by atoms with van der Waals surface area (Å²) >= 11 is 0. The maximum atomic E-state index is 11.4. The first-order valence-electron chi connectivity index (χ1n) is 5.41. The number of carbonyl (C=O) groups is 2. The molecule has 84 valence electrons. The number of aliphatic carboxylic acids is 2. The molecule has 2 bridgehead atoms. The minimum atomic E-state index is -0.908. The van der Waals surface area contributed by atoms with E-state index in [1.807, 2.05) is 6.08 Å². The Labute approximate surface area is 92.3 Å². The van der Waals surface area contributed by atoms with Crippen LogP contribution in [0.25, 0.3) is 0 Å². The van der Waals surface area contributed by atoms with Crippen LogP contribution in [0, 0.1) is 23.2 Å². The third-order valence-electron chi connectivity index (χ3n) is 4.34. The van der Waals surface area contributed by atoms with Gasteiger partial charge in [-0.2, -0.15) is 0 Å². The quantitative estimate of drug-likeness (QED) is 0.688. The summed E-state index contributed by atoms with van der Waals surface area (Å²) in [7, 11) is 0. The van der Waals surface area contributed by atoms with E-state index in [2.05, 4.69) is 0 Å². The van der Waals surface area contributed by atoms with Crippen molar-refractivity contribution in [3.05, 3.63) is 23.8 Å². The Morgan fingerprint density at radius 2 is 2.12 bits per heavy atom. The van der Waals surface area contributed by atoms with Crippen LogP contribution in [0.4, 0.5) is 0 Å². The highest BCUT2D eigenvalue weighted by atomic mass is 16.4. The lowest BCUT2D eigenvalue weighted by atomic mass is 9.74. The molecule has 0 radical (unpaired) electrons. The normalized spacial score (nSPS) is 43.2. The summed E-state index contributed by atoms with van der Waals surface area (Å²) < 4.78 is 0. The zero-order valence-corrected chi connectivity index (χ0v) is 8.59. The van der Waals surface area contributed by atoms with E-state index in [9.17, 15) is 14.7 Å². The van der Waals surface area contributed by atoms with Crippen molar-refractivity contribution in [1.82, 2.24) is 0 Å². The van der Waals surface area contributed by atoms with Crippen molar-refractivity contribution in [2.45, 2.75) is 12.8 Å². The third kappa shape index (κ3) is 0.944. The molecular formula is C12H12O4. The Hall–Kier alpha value is -1.58. The van der Waals surface area contributed by atoms with Crippen molar-refractivity contribution < 1.29 is 19.8 Å². The topological polar surface area (TPSA) is 74.6 Å². The van der Waals surface area contributed by atoms with Crippen LogP contribution in [-0.2, 0) is 9.59 Å². The van der Waals surface area contributed by atoms with Gasteiger partial charge in [0.1, 0.15) is 0 Å². The van der Waals surface area contributed by atoms with E-state index in [1.54, 1.807) is 12.2 Å². The van der Waals surface area contributed by atoms with E-state index in [0.29, 0.717) is 18.4 Å². The number of rotatable bonds is 2. The lowest BCUT2D eigenvalue weighted by Gasteiger charge is -2.28. The molecule has 1 fully saturated rings. The fraction of sp³-hybridized carbons (Fsp3) is 0.500. The van der Waals surface area contributed by atoms with Crippen molar-refractivity contribution >= 4 is 11.9 Å². The second-order valence-corrected chi connectivity index (χ2v) is 4.96. The Morgan fingerprint density at radius 3 is 2.75 bits per heavy atom. The minimum Gasteiger partial charge on any atom is -0.481 e. The molecule has 0 aromatic rings. The molecule has 0 spiro atoms. The van der Waals surface area contributed by atoms with Gasteiger partial charge in [0, 0.05) is 5.57 Å². The first-order valence-corrected chi connectivity index (χ1v) is 5.41. The van der Waals surface area contributed by atoms with E-state index in [-0.39, 0.29) is 17.8 Å². The van der Waals surface area contributed by atoms with Crippen molar-refractivity contribution in [1.29, 1.82) is 0 Å². The van der Waals surface area contributed by atoms with Crippen molar-refractivity contribution in [2.75, 3.05) is 0 Å². The molecule has 3 rings (SSSR count). The first kappa shape index (κ1) is 9.63. The van der Waals surface area contributed by atoms with Crippen LogP contribution in [-0.4, -0.2) is 22.2 Å². The van der Waals surface area contributed by atoms with E-state index in [0.717, 1.165) is 0 Å². The number of carboxylic acid groups (broad SMARTS) is 2. The predicted octanol–water partition coefficient (Wildman–Crippen LogP) is 1.29. The molecule has 0 aliphatic heterocycles. The van der Waals surface area contributed by atoms with Crippen molar-refractivity contribution in [3.63, 3.8) is 0 Å². The minimum absolute atomic E-state index is 0.0499. The lowest BCUT2D eigenvalue weighted by Crippen LogP contribution is -2.33. The van der Waals surface area contributed by atoms with Crippen LogP contribution < -0.4 is 0 Å². The van der Waals surface area contributed by atoms with Gasteiger partial charge < -0.3 is 10.2 Å². The fourth-order valence-electron chi connectivity index (χ4n) is 3.57. The molecule has 4 atom stereocenters. The Bertz CT molecular complexity index is 448. The summed E-state index contributed by atoms with van der Waals surface area (Å²) in [6, 6.07) is 0. The number of fused-ring (bicyclic) bond motifs is 5. The van der Waals surface area contributed by atoms with Crippen LogP contribution in [0.3, 0.4) is 0 Å². The second-order valence-electron chi connectivity index (χ2n) is 4.96. The average Bonchev–Trinajstić information content (AvgIpc) is 2.88. The lowest BCUT2D eigenvalue weighted by molar-refractivity contribution is -0.148. The zero-order chi connectivity index (χ0) is 11.5. The summed E-state index contributed by atoms with van der Waals surface area (Å²) in [6.45, 7) is 0. The van der Waals surface area contributed by atoms with Crippen LogP contribution in [0.1, 0.15) is 12.8 Å². The summed E-state index contributed by atoms with van der Waals surface area (Å²) in [5.41, 5.74) is -0.419. The Morgan fingerprint density at radius 1 is 1.38 bits per heavy atom. The van der Waals surface area contributed by atoms with Gasteiger partial charge in [0.05, 0.1) is 5.41 Å². The number of carboxylic acids is 2. The number of allylic oxidation sites excluding steroid dienone is 2. The second kappa shape index (κ2) is 2.75. The summed E-state index contributed by atoms with van der Waals surface area (Å²) in [4.78, 5) is 22.3. The molecule has 0 saturated heterocycles. The number of hydrogen-bond donors (Lipinski definition) is 2. The van der Waals surface area contributed by atoms with Crippen LogP contribution in [0.2, 0.25) is 0 Å². The van der Waals surface area contributed by atoms with Gasteiger partial charge in [0.15, 0.2) is 0 Å². The molecule has 2 N–H and O–H groups in total. The Kier molecular flexibility index (Phi) is 1.66. The molecule has 0 amide bonds. The van der Waals surface area contributed by atoms with Crippen LogP contribution in [0.15, 0.2) is 23.8 Å². The average molecular weight is 220 g/mol. The predicted molar refractivity (Wildman–Crippen MR) is 54.6 cm³/mol. The highest BCUT2D eigenvalue weighted by Gasteiger charge is 2.60. The molecule has 0 heterocycles. The molecule has 0 aromatic heterocycles. The van der Waals surface area contributed by atoms with E-state index in [1.165, 1.54) is 0 Å². The van der Waals surface area contributed by atoms with Gasteiger partial charge in [-0.3, -0.25) is 4.79 Å². The Balaban J connectivity index is 1.99. The van der Waals surface area contributed by atoms with Gasteiger partial charge >= 0.3 is 11.9 Å². The maximum Gasteiger partial charge on any atom is 0.331 e. The molecule has 4 heteroatoms. The smallest absolute Gasteiger partial charge is 0.331 e. The molecular weight excluding hydrogens is 208 g/mol. The fourth-order valence-corrected chi connectivity index (χ4v) is 3.57. The van der Waals surface area contributed by atoms with Crippen molar-refractivity contribution in [2.24, 2.45) is 23.2 Å². The largest absolute Gasteiger partial charge is 0.481 e. The van der Waals surface area contributed by atoms with Gasteiger partial charge in [-0.05, 0) is 30.6 Å². The first-order chi connectivity index (χ1) is 7.54. The summed E-state index contributed by atoms with van der Waals surface area (Å²) in [5.74, 6) is -1.43. The monoisotopic (exact) mass is 220 g/mol. The van der Waals surface area contributed by atoms with E-state index < -0.39 is 17.4 Å². The van der Waals surface area contributed by atoms with Gasteiger partial charge in [-0.25, -0.2) is 4.79 Å². The standard InChI is InChI=1S/C12H12O4/c13-10(14)7-3-8-6-1-2-12(5-6,11(15)16)9(8)4-7/h1-3,6,8-9H,4-5H2,(H,13,14)(H,15,16)/t6-,8+,9+,12+/m0/s1. The third-order valence-corrected chi connectivity index (χ3v) is 4.34. The van der Waals surface area contributed by atoms with E-state index >= 15 is 0 Å². The highest BCUT2D eigenvalue weighted by molar-refractivity contribution is 5.88. The van der Waals surface area contributed by atoms with Gasteiger partial charge in [-0.1, -0.05) is 18.2 Å². The summed E-state index contributed by atoms with van der Waals surface area (Å²) in [5, 5.41) is 18.3. The highest BCUT2D eigenvalue weighted by Crippen LogP contribution is 2.61. The zero-order valence-electron chi connectivity index (χ0n) is 8.59. The molecule has 3 aliphatic carbocycles. The molecule has 16 heavy (non-hydrogen) atoms. The molecule has 1 saturated carbocycles. The van der Waals surface area contributed by atoms with Crippen molar-refractivity contribution in [3.8, 4) is 0 Å².